The first kappa shape index (κ1) is 20.3. The Balaban J connectivity index is 2.11. The number of nitrogens with two attached hydrogens (primary N) is 1. The van der Waals surface area contributed by atoms with E-state index in [9.17, 15) is 4.79 Å². The molecule has 0 aliphatic rings. The third-order valence-corrected chi connectivity index (χ3v) is 5.43. The van der Waals surface area contributed by atoms with Crippen molar-refractivity contribution in [3.63, 3.8) is 0 Å². The van der Waals surface area contributed by atoms with Gasteiger partial charge in [0.05, 0.1) is 23.1 Å². The molecule has 2 N–H and O–H groups in total. The Kier molecular flexibility index (Phi) is 6.99. The van der Waals surface area contributed by atoms with Crippen molar-refractivity contribution < 1.29 is 5.32 Å². The van der Waals surface area contributed by atoms with Gasteiger partial charge in [0, 0.05) is 6.42 Å². The summed E-state index contributed by atoms with van der Waals surface area (Å²) in [5.41, 5.74) is 2.97. The Bertz CT molecular complexity index is 960. The molecule has 4 heteroatoms. The maximum atomic E-state index is 13.4. The fourth-order valence-corrected chi connectivity index (χ4v) is 3.70. The molecule has 2 aromatic carbocycles. The zero-order chi connectivity index (χ0) is 19.9. The molecule has 0 aliphatic heterocycles. The maximum Gasteiger partial charge on any atom is 0.266 e. The van der Waals surface area contributed by atoms with E-state index in [1.165, 1.54) is 24.8 Å². The van der Waals surface area contributed by atoms with E-state index in [-0.39, 0.29) is 11.6 Å². The highest BCUT2D eigenvalue weighted by Crippen LogP contribution is 2.18. The van der Waals surface area contributed by atoms with Gasteiger partial charge in [0.25, 0.3) is 5.56 Å². The van der Waals surface area contributed by atoms with Crippen molar-refractivity contribution in [1.82, 2.24) is 9.55 Å². The number of rotatable bonds is 9. The topological polar surface area (TPSA) is 51.5 Å². The summed E-state index contributed by atoms with van der Waals surface area (Å²) >= 11 is 0. The van der Waals surface area contributed by atoms with Crippen molar-refractivity contribution in [3.8, 4) is 5.69 Å². The van der Waals surface area contributed by atoms with Crippen molar-refractivity contribution >= 4 is 10.9 Å². The average Bonchev–Trinajstić information content (AvgIpc) is 2.74. The number of nitrogens with zero attached hydrogens (tertiary/aromatic N) is 2. The van der Waals surface area contributed by atoms with E-state index in [4.69, 9.17) is 4.98 Å². The average molecular weight is 379 g/mol. The van der Waals surface area contributed by atoms with Gasteiger partial charge in [0.2, 0.25) is 0 Å². The highest BCUT2D eigenvalue weighted by atomic mass is 16.1. The molecule has 1 atom stereocenters. The summed E-state index contributed by atoms with van der Waals surface area (Å²) in [7, 11) is 0. The highest BCUT2D eigenvalue weighted by molar-refractivity contribution is 5.77. The number of aromatic nitrogens is 2. The number of hydrogen-bond donors (Lipinski definition) is 1. The van der Waals surface area contributed by atoms with E-state index in [1.54, 1.807) is 0 Å². The lowest BCUT2D eigenvalue weighted by Crippen LogP contribution is -2.85. The highest BCUT2D eigenvalue weighted by Gasteiger charge is 2.22. The monoisotopic (exact) mass is 378 g/mol. The van der Waals surface area contributed by atoms with Crippen molar-refractivity contribution in [3.05, 3.63) is 70.3 Å². The molecule has 0 fully saturated rings. The van der Waals surface area contributed by atoms with Crippen LogP contribution in [0.15, 0.2) is 53.3 Å². The van der Waals surface area contributed by atoms with Gasteiger partial charge < -0.3 is 5.32 Å². The van der Waals surface area contributed by atoms with Crippen LogP contribution >= 0.6 is 0 Å². The molecular weight excluding hydrogens is 346 g/mol. The molecule has 3 aromatic rings. The van der Waals surface area contributed by atoms with Gasteiger partial charge in [-0.15, -0.1) is 0 Å². The third-order valence-electron chi connectivity index (χ3n) is 5.43. The van der Waals surface area contributed by atoms with E-state index >= 15 is 0 Å². The SMILES string of the molecule is CCCCC[NH2+][C@H](CC)c1nc2ccccc2c(=O)n1-c1ccc(CC)cc1. The van der Waals surface area contributed by atoms with E-state index in [2.05, 4.69) is 38.2 Å². The molecule has 0 spiro atoms. The minimum Gasteiger partial charge on any atom is -0.338 e. The molecule has 0 saturated carbocycles. The van der Waals surface area contributed by atoms with Crippen molar-refractivity contribution in [2.45, 2.75) is 58.9 Å². The second-order valence-electron chi connectivity index (χ2n) is 7.39. The number of hydrogen-bond acceptors (Lipinski definition) is 2. The van der Waals surface area contributed by atoms with Crippen LogP contribution in [0.1, 0.15) is 63.9 Å². The standard InChI is InChI=1S/C24H31N3O/c1-4-7-10-17-25-21(6-3)23-26-22-12-9-8-11-20(22)24(28)27(23)19-15-13-18(5-2)14-16-19/h8-9,11-16,21,25H,4-7,10,17H2,1-3H3/p+1/t21-/m1/s1. The first-order valence-electron chi connectivity index (χ1n) is 10.6. The summed E-state index contributed by atoms with van der Waals surface area (Å²) in [5, 5.41) is 3.02. The number of benzene rings is 2. The molecule has 0 amide bonds. The molecule has 3 rings (SSSR count). The second-order valence-corrected chi connectivity index (χ2v) is 7.39. The number of unbranched alkanes of at least 4 members (excludes halogenated alkanes) is 2. The van der Waals surface area contributed by atoms with Gasteiger partial charge in [-0.25, -0.2) is 4.98 Å². The zero-order valence-electron chi connectivity index (χ0n) is 17.3. The molecule has 4 nitrogen and oxygen atoms in total. The summed E-state index contributed by atoms with van der Waals surface area (Å²) in [6.45, 7) is 7.60. The summed E-state index contributed by atoms with van der Waals surface area (Å²) in [6, 6.07) is 16.1. The fraction of sp³-hybridized carbons (Fsp3) is 0.417. The molecule has 0 radical (unpaired) electrons. The molecule has 0 saturated heterocycles. The summed E-state index contributed by atoms with van der Waals surface area (Å²) < 4.78 is 1.83. The van der Waals surface area contributed by atoms with Gasteiger partial charge in [-0.2, -0.15) is 0 Å². The lowest BCUT2D eigenvalue weighted by atomic mass is 10.1. The predicted octanol–water partition coefficient (Wildman–Crippen LogP) is 4.15. The number of fused-ring (bicyclic) bond motifs is 1. The van der Waals surface area contributed by atoms with Crippen molar-refractivity contribution in [2.24, 2.45) is 0 Å². The minimum atomic E-state index is 0.0188. The van der Waals surface area contributed by atoms with Gasteiger partial charge in [-0.3, -0.25) is 9.36 Å². The molecule has 28 heavy (non-hydrogen) atoms. The quantitative estimate of drug-likeness (QED) is 0.569. The van der Waals surface area contributed by atoms with Crippen LogP contribution in [-0.2, 0) is 6.42 Å². The molecule has 0 unspecified atom stereocenters. The smallest absolute Gasteiger partial charge is 0.266 e. The van der Waals surface area contributed by atoms with Crippen LogP contribution in [0.4, 0.5) is 0 Å². The summed E-state index contributed by atoms with van der Waals surface area (Å²) in [5.74, 6) is 0.854. The van der Waals surface area contributed by atoms with E-state index < -0.39 is 0 Å². The number of quaternary nitrogens is 1. The lowest BCUT2D eigenvalue weighted by molar-refractivity contribution is -0.698. The number of para-hydroxylation sites is 1. The Labute approximate surface area is 167 Å². The molecular formula is C24H32N3O+. The van der Waals surface area contributed by atoms with E-state index in [0.29, 0.717) is 5.39 Å². The van der Waals surface area contributed by atoms with Crippen LogP contribution in [0.3, 0.4) is 0 Å². The summed E-state index contributed by atoms with van der Waals surface area (Å²) in [4.78, 5) is 18.4. The molecule has 1 aromatic heterocycles. The molecule has 0 bridgehead atoms. The van der Waals surface area contributed by atoms with Gasteiger partial charge in [-0.1, -0.05) is 51.5 Å². The first-order valence-corrected chi connectivity index (χ1v) is 10.6. The van der Waals surface area contributed by atoms with Gasteiger partial charge >= 0.3 is 0 Å². The molecule has 148 valence electrons. The van der Waals surface area contributed by atoms with Crippen molar-refractivity contribution in [1.29, 1.82) is 0 Å². The first-order chi connectivity index (χ1) is 13.7. The van der Waals surface area contributed by atoms with Gasteiger partial charge in [-0.05, 0) is 49.1 Å². The molecule has 1 heterocycles. The predicted molar refractivity (Wildman–Crippen MR) is 116 cm³/mol. The zero-order valence-corrected chi connectivity index (χ0v) is 17.3. The minimum absolute atomic E-state index is 0.0188. The Hall–Kier alpha value is -2.46. The van der Waals surface area contributed by atoms with Crippen LogP contribution in [0.5, 0.6) is 0 Å². The van der Waals surface area contributed by atoms with E-state index in [1.807, 2.05) is 41.0 Å². The fourth-order valence-electron chi connectivity index (χ4n) is 3.70. The second kappa shape index (κ2) is 9.65. The Morgan fingerprint density at radius 1 is 1.00 bits per heavy atom. The van der Waals surface area contributed by atoms with Crippen LogP contribution < -0.4 is 10.9 Å². The van der Waals surface area contributed by atoms with Gasteiger partial charge in [0.1, 0.15) is 6.04 Å². The van der Waals surface area contributed by atoms with Crippen LogP contribution in [-0.4, -0.2) is 16.1 Å². The van der Waals surface area contributed by atoms with Gasteiger partial charge in [0.15, 0.2) is 5.82 Å². The van der Waals surface area contributed by atoms with Crippen LogP contribution in [0.25, 0.3) is 16.6 Å². The Morgan fingerprint density at radius 3 is 2.43 bits per heavy atom. The maximum absolute atomic E-state index is 13.4. The third kappa shape index (κ3) is 4.33. The Morgan fingerprint density at radius 2 is 1.75 bits per heavy atom. The number of aryl methyl sites for hydroxylation is 1. The van der Waals surface area contributed by atoms with Crippen LogP contribution in [0, 0.1) is 0 Å². The van der Waals surface area contributed by atoms with Crippen LogP contribution in [0.2, 0.25) is 0 Å². The summed E-state index contributed by atoms with van der Waals surface area (Å²) in [6.07, 6.45) is 5.57. The van der Waals surface area contributed by atoms with E-state index in [0.717, 1.165) is 36.4 Å². The lowest BCUT2D eigenvalue weighted by Gasteiger charge is -2.19. The molecule has 0 aliphatic carbocycles. The normalized spacial score (nSPS) is 12.4. The van der Waals surface area contributed by atoms with Crippen molar-refractivity contribution in [2.75, 3.05) is 6.54 Å². The largest absolute Gasteiger partial charge is 0.338 e.